The van der Waals surface area contributed by atoms with Gasteiger partial charge in [-0.15, -0.1) is 0 Å². The van der Waals surface area contributed by atoms with E-state index in [2.05, 4.69) is 151 Å². The molecule has 12 rings (SSSR count). The summed E-state index contributed by atoms with van der Waals surface area (Å²) in [4.78, 5) is 10.7. The van der Waals surface area contributed by atoms with E-state index < -0.39 is 0 Å². The minimum absolute atomic E-state index is 0.361. The Balaban J connectivity index is 1.00. The zero-order chi connectivity index (χ0) is 38.2. The highest BCUT2D eigenvalue weighted by atomic mass is 16.3. The Morgan fingerprint density at radius 3 is 2.12 bits per heavy atom. The van der Waals surface area contributed by atoms with E-state index in [0.29, 0.717) is 5.84 Å². The van der Waals surface area contributed by atoms with Gasteiger partial charge in [0.05, 0.1) is 0 Å². The van der Waals surface area contributed by atoms with Crippen molar-refractivity contribution in [1.82, 2.24) is 5.32 Å². The van der Waals surface area contributed by atoms with Crippen LogP contribution in [0.3, 0.4) is 0 Å². The summed E-state index contributed by atoms with van der Waals surface area (Å²) in [6.45, 7) is 0. The largest absolute Gasteiger partial charge is 0.456 e. The first-order valence-electron chi connectivity index (χ1n) is 19.9. The summed E-state index contributed by atoms with van der Waals surface area (Å²) < 4.78 is 13.1. The van der Waals surface area contributed by atoms with Crippen molar-refractivity contribution in [2.45, 2.75) is 19.0 Å². The van der Waals surface area contributed by atoms with Gasteiger partial charge in [0.1, 0.15) is 34.3 Å². The number of allylic oxidation sites excluding steroid dienone is 1. The number of nitrogens with one attached hydrogen (secondary N) is 1. The van der Waals surface area contributed by atoms with Crippen LogP contribution >= 0.6 is 0 Å². The van der Waals surface area contributed by atoms with Gasteiger partial charge < -0.3 is 14.2 Å². The van der Waals surface area contributed by atoms with Crippen molar-refractivity contribution in [1.29, 1.82) is 0 Å². The lowest BCUT2D eigenvalue weighted by Crippen LogP contribution is -2.33. The zero-order valence-electron chi connectivity index (χ0n) is 31.4. The van der Waals surface area contributed by atoms with Gasteiger partial charge in [-0.25, -0.2) is 9.98 Å². The third-order valence-electron chi connectivity index (χ3n) is 11.9. The van der Waals surface area contributed by atoms with E-state index >= 15 is 0 Å². The van der Waals surface area contributed by atoms with Gasteiger partial charge in [-0.05, 0) is 81.3 Å². The average Bonchev–Trinajstić information content (AvgIpc) is 3.88. The molecule has 1 unspecified atom stereocenters. The summed E-state index contributed by atoms with van der Waals surface area (Å²) in [5.41, 5.74) is 13.7. The lowest BCUT2D eigenvalue weighted by atomic mass is 9.88. The van der Waals surface area contributed by atoms with Crippen molar-refractivity contribution in [2.75, 3.05) is 0 Å². The van der Waals surface area contributed by atoms with Gasteiger partial charge in [0.2, 0.25) is 0 Å². The highest BCUT2D eigenvalue weighted by molar-refractivity contribution is 6.24. The van der Waals surface area contributed by atoms with Crippen molar-refractivity contribution in [3.05, 3.63) is 203 Å². The van der Waals surface area contributed by atoms with Crippen molar-refractivity contribution in [3.8, 4) is 11.1 Å². The van der Waals surface area contributed by atoms with Gasteiger partial charge in [0.25, 0.3) is 0 Å². The summed E-state index contributed by atoms with van der Waals surface area (Å²) >= 11 is 0. The first kappa shape index (κ1) is 32.7. The van der Waals surface area contributed by atoms with E-state index in [1.807, 2.05) is 30.3 Å². The molecule has 1 aliphatic heterocycles. The van der Waals surface area contributed by atoms with Gasteiger partial charge in [0, 0.05) is 38.2 Å². The summed E-state index contributed by atoms with van der Waals surface area (Å²) in [7, 11) is 0. The van der Waals surface area contributed by atoms with Crippen LogP contribution in [0.5, 0.6) is 0 Å². The van der Waals surface area contributed by atoms with Gasteiger partial charge in [-0.3, -0.25) is 0 Å². The molecule has 0 saturated heterocycles. The second-order valence-electron chi connectivity index (χ2n) is 15.3. The molecule has 1 aliphatic carbocycles. The lowest BCUT2D eigenvalue weighted by Gasteiger charge is -2.24. The number of rotatable bonds is 5. The van der Waals surface area contributed by atoms with Gasteiger partial charge in [-0.2, -0.15) is 0 Å². The number of hydrogen-bond donors (Lipinski definition) is 1. The molecule has 0 amide bonds. The minimum atomic E-state index is -0.361. The zero-order valence-corrected chi connectivity index (χ0v) is 31.4. The first-order valence-corrected chi connectivity index (χ1v) is 19.9. The van der Waals surface area contributed by atoms with Crippen LogP contribution in [0.15, 0.2) is 189 Å². The van der Waals surface area contributed by atoms with Crippen LogP contribution in [-0.4, -0.2) is 11.7 Å². The number of aryl methyl sites for hydroxylation is 1. The molecule has 3 heterocycles. The summed E-state index contributed by atoms with van der Waals surface area (Å²) in [6.07, 6.45) is 4.05. The molecule has 2 aliphatic rings. The molecule has 8 aromatic carbocycles. The van der Waals surface area contributed by atoms with Crippen LogP contribution in [0, 0.1) is 0 Å². The maximum atomic E-state index is 6.82. The molecule has 0 radical (unpaired) electrons. The topological polar surface area (TPSA) is 63.0 Å². The standard InChI is InChI=1S/C53H35N3O2/c1-3-12-36-30-38(28-24-32(36)10-1)34-22-26-35(27-23-34)51-54-52(39-29-25-33-11-2-4-13-37(33)31-39)56-53(55-51)44-18-9-21-47-49(44)43-17-7-16-41(50(43)58-47)40-15-8-20-46-48(40)42-14-5-6-19-45(42)57-46/h1-23,25-27,29-31,52H,24,28H2,(H,54,55,56). The Morgan fingerprint density at radius 2 is 1.21 bits per heavy atom. The number of benzene rings is 8. The van der Waals surface area contributed by atoms with Crippen molar-refractivity contribution < 1.29 is 8.83 Å². The van der Waals surface area contributed by atoms with Crippen LogP contribution in [0.25, 0.3) is 77.4 Å². The molecule has 58 heavy (non-hydrogen) atoms. The Labute approximate surface area is 334 Å². The Hall–Kier alpha value is -7.50. The SMILES string of the molecule is C1=C(c2ccc(C3=NC(c4cccc5oc6c(-c7cccc8oc9ccccc9c78)cccc6c45)=NC(c4ccc5ccccc5c4)N3)cc2)CCc2ccccc21. The predicted molar refractivity (Wildman–Crippen MR) is 238 cm³/mol. The third-order valence-corrected chi connectivity index (χ3v) is 11.9. The normalized spacial score (nSPS) is 15.4. The lowest BCUT2D eigenvalue weighted by molar-refractivity contribution is 0.668. The smallest absolute Gasteiger partial charge is 0.160 e. The molecule has 5 heteroatoms. The minimum Gasteiger partial charge on any atom is -0.456 e. The van der Waals surface area contributed by atoms with Crippen molar-refractivity contribution in [2.24, 2.45) is 9.98 Å². The second kappa shape index (κ2) is 13.0. The molecule has 0 bridgehead atoms. The van der Waals surface area contributed by atoms with E-state index in [4.69, 9.17) is 18.8 Å². The van der Waals surface area contributed by atoms with Crippen LogP contribution < -0.4 is 5.32 Å². The number of fused-ring (bicyclic) bond motifs is 8. The van der Waals surface area contributed by atoms with E-state index in [1.54, 1.807) is 0 Å². The highest BCUT2D eigenvalue weighted by Crippen LogP contribution is 2.43. The quantitative estimate of drug-likeness (QED) is 0.191. The van der Waals surface area contributed by atoms with Crippen LogP contribution in [-0.2, 0) is 6.42 Å². The van der Waals surface area contributed by atoms with Gasteiger partial charge >= 0.3 is 0 Å². The molecule has 1 N–H and O–H groups in total. The molecule has 2 aromatic heterocycles. The maximum Gasteiger partial charge on any atom is 0.160 e. The molecular weight excluding hydrogens is 711 g/mol. The second-order valence-corrected chi connectivity index (χ2v) is 15.3. The van der Waals surface area contributed by atoms with Gasteiger partial charge in [-0.1, -0.05) is 152 Å². The van der Waals surface area contributed by atoms with Crippen molar-refractivity contribution >= 4 is 78.0 Å². The maximum absolute atomic E-state index is 6.82. The van der Waals surface area contributed by atoms with Gasteiger partial charge in [0.15, 0.2) is 5.84 Å². The molecular formula is C53H35N3O2. The third kappa shape index (κ3) is 5.31. The summed E-state index contributed by atoms with van der Waals surface area (Å²) in [5, 5.41) is 10.3. The number of hydrogen-bond acceptors (Lipinski definition) is 5. The highest BCUT2D eigenvalue weighted by Gasteiger charge is 2.25. The predicted octanol–water partition coefficient (Wildman–Crippen LogP) is 13.3. The molecule has 274 valence electrons. The van der Waals surface area contributed by atoms with Crippen LogP contribution in [0.1, 0.15) is 46.0 Å². The molecule has 5 nitrogen and oxygen atoms in total. The summed E-state index contributed by atoms with van der Waals surface area (Å²) in [5.74, 6) is 1.44. The van der Waals surface area contributed by atoms with E-state index in [1.165, 1.54) is 33.0 Å². The van der Waals surface area contributed by atoms with E-state index in [-0.39, 0.29) is 6.17 Å². The number of aliphatic imine (C=N–C) groups is 2. The molecule has 0 saturated carbocycles. The monoisotopic (exact) mass is 745 g/mol. The average molecular weight is 746 g/mol. The summed E-state index contributed by atoms with van der Waals surface area (Å²) in [6, 6.07) is 59.6. The molecule has 0 spiro atoms. The Morgan fingerprint density at radius 1 is 0.517 bits per heavy atom. The van der Waals surface area contributed by atoms with E-state index in [9.17, 15) is 0 Å². The number of amidine groups is 2. The van der Waals surface area contributed by atoms with E-state index in [0.717, 1.165) is 90.4 Å². The van der Waals surface area contributed by atoms with Crippen molar-refractivity contribution in [3.63, 3.8) is 0 Å². The molecule has 0 fully saturated rings. The molecule has 10 aromatic rings. The Kier molecular flexibility index (Phi) is 7.35. The van der Waals surface area contributed by atoms with Crippen LogP contribution in [0.2, 0.25) is 0 Å². The molecule has 1 atom stereocenters. The first-order chi connectivity index (χ1) is 28.7. The number of nitrogens with zero attached hydrogens (tertiary/aromatic N) is 2. The fourth-order valence-electron chi connectivity index (χ4n) is 9.01. The fourth-order valence-corrected chi connectivity index (χ4v) is 9.01. The number of para-hydroxylation sites is 2. The van der Waals surface area contributed by atoms with Crippen LogP contribution in [0.4, 0.5) is 0 Å². The number of furan rings is 2. The Bertz CT molecular complexity index is 3380. The fraction of sp³-hybridized carbons (Fsp3) is 0.0566.